The molecule has 1 fully saturated rings. The molecule has 6 nitrogen and oxygen atoms in total. The molecule has 0 aromatic heterocycles. The van der Waals surface area contributed by atoms with Crippen LogP contribution in [0.15, 0.2) is 18.2 Å². The van der Waals surface area contributed by atoms with Crippen LogP contribution in [-0.4, -0.2) is 34.9 Å². The molecule has 0 bridgehead atoms. The Balaban J connectivity index is 2.29. The van der Waals surface area contributed by atoms with Crippen molar-refractivity contribution < 1.29 is 9.72 Å². The fourth-order valence-corrected chi connectivity index (χ4v) is 2.35. The van der Waals surface area contributed by atoms with Crippen molar-refractivity contribution in [3.05, 3.63) is 39.4 Å². The highest BCUT2D eigenvalue weighted by Crippen LogP contribution is 2.25. The number of nitrogens with two attached hydrogens (primary N) is 1. The maximum atomic E-state index is 12.4. The number of carbonyl (C=O) groups is 1. The summed E-state index contributed by atoms with van der Waals surface area (Å²) in [5.41, 5.74) is 6.37. The summed E-state index contributed by atoms with van der Waals surface area (Å²) in [6.45, 7) is 2.76. The largest absolute Gasteiger partial charge is 0.338 e. The Morgan fingerprint density at radius 2 is 2.05 bits per heavy atom. The Hall–Kier alpha value is -1.95. The van der Waals surface area contributed by atoms with Crippen molar-refractivity contribution >= 4 is 11.6 Å². The monoisotopic (exact) mass is 263 g/mol. The fourth-order valence-electron chi connectivity index (χ4n) is 2.35. The molecule has 1 aromatic rings. The number of rotatable bonds is 2. The summed E-state index contributed by atoms with van der Waals surface area (Å²) >= 11 is 0. The molecule has 0 saturated carbocycles. The highest BCUT2D eigenvalue weighted by atomic mass is 16.6. The van der Waals surface area contributed by atoms with Crippen molar-refractivity contribution in [3.8, 4) is 0 Å². The normalized spacial score (nSPS) is 16.4. The van der Waals surface area contributed by atoms with E-state index in [0.29, 0.717) is 18.7 Å². The molecule has 102 valence electrons. The molecule has 2 N–H and O–H groups in total. The van der Waals surface area contributed by atoms with Crippen LogP contribution in [0.25, 0.3) is 0 Å². The summed E-state index contributed by atoms with van der Waals surface area (Å²) in [4.78, 5) is 24.6. The number of hydrogen-bond donors (Lipinski definition) is 1. The summed E-state index contributed by atoms with van der Waals surface area (Å²) < 4.78 is 0. The van der Waals surface area contributed by atoms with Crippen molar-refractivity contribution in [3.63, 3.8) is 0 Å². The van der Waals surface area contributed by atoms with Gasteiger partial charge in [0.1, 0.15) is 5.56 Å². The third-order valence-electron chi connectivity index (χ3n) is 3.48. The van der Waals surface area contributed by atoms with Gasteiger partial charge in [0.15, 0.2) is 0 Å². The Kier molecular flexibility index (Phi) is 3.80. The van der Waals surface area contributed by atoms with E-state index in [0.717, 1.165) is 12.8 Å². The van der Waals surface area contributed by atoms with Crippen LogP contribution in [0, 0.1) is 17.0 Å². The Labute approximate surface area is 111 Å². The van der Waals surface area contributed by atoms with Gasteiger partial charge in [-0.05, 0) is 25.8 Å². The van der Waals surface area contributed by atoms with E-state index >= 15 is 0 Å². The summed E-state index contributed by atoms with van der Waals surface area (Å²) in [6.07, 6.45) is 1.48. The first-order valence-electron chi connectivity index (χ1n) is 6.29. The Morgan fingerprint density at radius 1 is 1.42 bits per heavy atom. The van der Waals surface area contributed by atoms with Gasteiger partial charge < -0.3 is 10.6 Å². The summed E-state index contributed by atoms with van der Waals surface area (Å²) in [5.74, 6) is -0.276. The van der Waals surface area contributed by atoms with E-state index in [1.807, 2.05) is 0 Å². The molecule has 6 heteroatoms. The van der Waals surface area contributed by atoms with Crippen LogP contribution in [0.2, 0.25) is 0 Å². The van der Waals surface area contributed by atoms with Crippen molar-refractivity contribution in [1.29, 1.82) is 0 Å². The van der Waals surface area contributed by atoms with Gasteiger partial charge in [0.2, 0.25) is 0 Å². The van der Waals surface area contributed by atoms with Crippen LogP contribution in [0.3, 0.4) is 0 Å². The maximum absolute atomic E-state index is 12.4. The zero-order valence-corrected chi connectivity index (χ0v) is 10.8. The van der Waals surface area contributed by atoms with Crippen LogP contribution < -0.4 is 5.73 Å². The van der Waals surface area contributed by atoms with E-state index in [4.69, 9.17) is 5.73 Å². The number of hydrogen-bond acceptors (Lipinski definition) is 4. The quantitative estimate of drug-likeness (QED) is 0.646. The van der Waals surface area contributed by atoms with E-state index in [9.17, 15) is 14.9 Å². The smallest absolute Gasteiger partial charge is 0.285 e. The zero-order chi connectivity index (χ0) is 14.0. The zero-order valence-electron chi connectivity index (χ0n) is 10.8. The first-order valence-corrected chi connectivity index (χ1v) is 6.29. The number of nitro groups is 1. The first-order chi connectivity index (χ1) is 9.00. The second-order valence-corrected chi connectivity index (χ2v) is 4.86. The molecule has 0 atom stereocenters. The molecule has 1 amide bonds. The fraction of sp³-hybridized carbons (Fsp3) is 0.462. The number of piperidine rings is 1. The van der Waals surface area contributed by atoms with Gasteiger partial charge in [-0.1, -0.05) is 12.1 Å². The molecule has 0 aliphatic carbocycles. The van der Waals surface area contributed by atoms with E-state index in [-0.39, 0.29) is 23.2 Å². The van der Waals surface area contributed by atoms with Crippen molar-refractivity contribution in [2.75, 3.05) is 13.1 Å². The van der Waals surface area contributed by atoms with Gasteiger partial charge in [0.25, 0.3) is 11.6 Å². The van der Waals surface area contributed by atoms with Gasteiger partial charge in [-0.2, -0.15) is 0 Å². The third-order valence-corrected chi connectivity index (χ3v) is 3.48. The molecule has 2 rings (SSSR count). The van der Waals surface area contributed by atoms with Crippen LogP contribution in [0.1, 0.15) is 28.8 Å². The minimum atomic E-state index is -0.488. The van der Waals surface area contributed by atoms with Crippen LogP contribution in [0.5, 0.6) is 0 Å². The lowest BCUT2D eigenvalue weighted by Gasteiger charge is -2.30. The van der Waals surface area contributed by atoms with Crippen molar-refractivity contribution in [1.82, 2.24) is 4.90 Å². The standard InChI is InChI=1S/C13H17N3O3/c1-9-3-2-4-11(12(9)16(18)19)13(17)15-7-5-10(14)6-8-15/h2-4,10H,5-8,14H2,1H3. The molecule has 0 radical (unpaired) electrons. The van der Waals surface area contributed by atoms with Crippen molar-refractivity contribution in [2.45, 2.75) is 25.8 Å². The van der Waals surface area contributed by atoms with E-state index in [1.54, 1.807) is 24.0 Å². The molecule has 1 aromatic carbocycles. The molecule has 0 spiro atoms. The van der Waals surface area contributed by atoms with Gasteiger partial charge >= 0.3 is 0 Å². The van der Waals surface area contributed by atoms with Gasteiger partial charge in [-0.25, -0.2) is 0 Å². The molecule has 19 heavy (non-hydrogen) atoms. The highest BCUT2D eigenvalue weighted by molar-refractivity contribution is 5.98. The topological polar surface area (TPSA) is 89.5 Å². The number of benzene rings is 1. The van der Waals surface area contributed by atoms with E-state index < -0.39 is 4.92 Å². The number of carbonyl (C=O) groups excluding carboxylic acids is 1. The number of aryl methyl sites for hydroxylation is 1. The molecule has 1 aliphatic rings. The predicted octanol–water partition coefficient (Wildman–Crippen LogP) is 1.47. The number of amides is 1. The van der Waals surface area contributed by atoms with Crippen LogP contribution >= 0.6 is 0 Å². The summed E-state index contributed by atoms with van der Waals surface area (Å²) in [6, 6.07) is 4.95. The predicted molar refractivity (Wildman–Crippen MR) is 70.9 cm³/mol. The maximum Gasteiger partial charge on any atom is 0.285 e. The van der Waals surface area contributed by atoms with E-state index in [1.165, 1.54) is 6.07 Å². The summed E-state index contributed by atoms with van der Waals surface area (Å²) in [7, 11) is 0. The van der Waals surface area contributed by atoms with Gasteiger partial charge in [-0.15, -0.1) is 0 Å². The second-order valence-electron chi connectivity index (χ2n) is 4.86. The Bertz CT molecular complexity index is 508. The first kappa shape index (κ1) is 13.5. The Morgan fingerprint density at radius 3 is 2.63 bits per heavy atom. The minimum absolute atomic E-state index is 0.0950. The van der Waals surface area contributed by atoms with Crippen LogP contribution in [-0.2, 0) is 0 Å². The number of nitrogens with zero attached hydrogens (tertiary/aromatic N) is 2. The molecule has 1 aliphatic heterocycles. The van der Waals surface area contributed by atoms with Gasteiger partial charge in [-0.3, -0.25) is 14.9 Å². The SMILES string of the molecule is Cc1cccc(C(=O)N2CCC(N)CC2)c1[N+](=O)[O-]. The number of nitro benzene ring substituents is 1. The number of para-hydroxylation sites is 1. The highest BCUT2D eigenvalue weighted by Gasteiger charge is 2.28. The van der Waals surface area contributed by atoms with Gasteiger partial charge in [0.05, 0.1) is 4.92 Å². The molecular weight excluding hydrogens is 246 g/mol. The third kappa shape index (κ3) is 2.73. The average Bonchev–Trinajstić information content (AvgIpc) is 2.38. The lowest BCUT2D eigenvalue weighted by atomic mass is 10.0. The van der Waals surface area contributed by atoms with Crippen LogP contribution in [0.4, 0.5) is 5.69 Å². The molecule has 1 saturated heterocycles. The lowest BCUT2D eigenvalue weighted by molar-refractivity contribution is -0.385. The average molecular weight is 263 g/mol. The molecule has 0 unspecified atom stereocenters. The van der Waals surface area contributed by atoms with E-state index in [2.05, 4.69) is 0 Å². The molecule has 1 heterocycles. The van der Waals surface area contributed by atoms with Crippen molar-refractivity contribution in [2.24, 2.45) is 5.73 Å². The second kappa shape index (κ2) is 5.36. The summed E-state index contributed by atoms with van der Waals surface area (Å²) in [5, 5.41) is 11.1. The minimum Gasteiger partial charge on any atom is -0.338 e. The molecular formula is C13H17N3O3. The number of likely N-dealkylation sites (tertiary alicyclic amines) is 1. The van der Waals surface area contributed by atoms with Gasteiger partial charge in [0, 0.05) is 24.7 Å². The lowest BCUT2D eigenvalue weighted by Crippen LogP contribution is -2.43.